The van der Waals surface area contributed by atoms with Gasteiger partial charge in [0.25, 0.3) is 5.91 Å². The fourth-order valence-corrected chi connectivity index (χ4v) is 5.20. The van der Waals surface area contributed by atoms with Crippen LogP contribution in [0.5, 0.6) is 5.75 Å². The van der Waals surface area contributed by atoms with Crippen LogP contribution < -0.4 is 10.7 Å². The number of nitrogens with one attached hydrogen (secondary N) is 2. The molecule has 0 aromatic heterocycles. The quantitative estimate of drug-likeness (QED) is 0.0766. The maximum atomic E-state index is 13.3. The number of esters is 1. The minimum absolute atomic E-state index is 0.0219. The summed E-state index contributed by atoms with van der Waals surface area (Å²) in [6, 6.07) is 5.40. The van der Waals surface area contributed by atoms with E-state index in [4.69, 9.17) is 4.74 Å². The third kappa shape index (κ3) is 12.8. The standard InChI is InChI=1S/C35H49N3O8/c1-24(18-20-39)32(15-8-6-5-7-11-25(2)33(43)28(23-40)17-16-26(3)41)46-35(45)30-14-10-19-38(37-30)34(44)31(36-4)22-27-12-9-13-29(42)21-27/h5-9,12-13,18,20-21,23,25,28,30-33,36-37,42-43H,10-11,14-17,19,22H2,1-4H3/b7-5+,8-6+,24-18+/t25?,28?,30?,31?,32-,33?/m0/s1. The summed E-state index contributed by atoms with van der Waals surface area (Å²) in [5, 5.41) is 24.7. The Kier molecular flexibility index (Phi) is 16.8. The molecule has 1 aliphatic heterocycles. The summed E-state index contributed by atoms with van der Waals surface area (Å²) in [5.74, 6) is -1.45. The first kappa shape index (κ1) is 38.3. The molecular formula is C35H49N3O8. The number of phenols is 1. The van der Waals surface area contributed by atoms with Gasteiger partial charge in [-0.15, -0.1) is 0 Å². The molecule has 0 bridgehead atoms. The molecule has 0 aliphatic carbocycles. The molecule has 1 aliphatic rings. The van der Waals surface area contributed by atoms with Gasteiger partial charge in [0.2, 0.25) is 0 Å². The minimum Gasteiger partial charge on any atom is -0.508 e. The van der Waals surface area contributed by atoms with E-state index in [-0.39, 0.29) is 29.8 Å². The van der Waals surface area contributed by atoms with Gasteiger partial charge in [-0.2, -0.15) is 0 Å². The lowest BCUT2D eigenvalue weighted by atomic mass is 9.87. The Morgan fingerprint density at radius 3 is 2.50 bits per heavy atom. The van der Waals surface area contributed by atoms with Crippen molar-refractivity contribution in [1.82, 2.24) is 15.8 Å². The number of aliphatic hydroxyl groups is 1. The Hall–Kier alpha value is -3.93. The van der Waals surface area contributed by atoms with E-state index in [1.54, 1.807) is 44.3 Å². The van der Waals surface area contributed by atoms with Crippen LogP contribution in [0.4, 0.5) is 0 Å². The molecule has 1 saturated heterocycles. The molecule has 1 aromatic carbocycles. The zero-order chi connectivity index (χ0) is 34.1. The number of hydrazine groups is 1. The van der Waals surface area contributed by atoms with Crippen LogP contribution in [0.15, 0.2) is 60.2 Å². The second-order valence-corrected chi connectivity index (χ2v) is 11.8. The average molecular weight is 640 g/mol. The molecule has 2 rings (SSSR count). The fourth-order valence-electron chi connectivity index (χ4n) is 5.20. The van der Waals surface area contributed by atoms with Crippen LogP contribution in [0.1, 0.15) is 64.9 Å². The first-order chi connectivity index (χ1) is 22.0. The van der Waals surface area contributed by atoms with Crippen molar-refractivity contribution in [2.75, 3.05) is 13.6 Å². The maximum absolute atomic E-state index is 13.3. The van der Waals surface area contributed by atoms with Crippen LogP contribution in [-0.4, -0.2) is 83.3 Å². The third-order valence-electron chi connectivity index (χ3n) is 8.10. The van der Waals surface area contributed by atoms with Gasteiger partial charge in [-0.25, -0.2) is 5.43 Å². The van der Waals surface area contributed by atoms with Gasteiger partial charge in [-0.1, -0.05) is 43.4 Å². The zero-order valence-corrected chi connectivity index (χ0v) is 27.3. The number of phenolic OH excluding ortho intramolecular Hbond substituents is 1. The van der Waals surface area contributed by atoms with E-state index in [0.29, 0.717) is 63.2 Å². The van der Waals surface area contributed by atoms with Crippen LogP contribution in [-0.2, 0) is 35.1 Å². The van der Waals surface area contributed by atoms with Crippen molar-refractivity contribution in [1.29, 1.82) is 0 Å². The van der Waals surface area contributed by atoms with E-state index >= 15 is 0 Å². The lowest BCUT2D eigenvalue weighted by molar-refractivity contribution is -0.155. The monoisotopic (exact) mass is 639 g/mol. The van der Waals surface area contributed by atoms with Gasteiger partial charge < -0.3 is 29.9 Å². The summed E-state index contributed by atoms with van der Waals surface area (Å²) >= 11 is 0. The maximum Gasteiger partial charge on any atom is 0.325 e. The fraction of sp³-hybridized carbons (Fsp3) is 0.514. The van der Waals surface area contributed by atoms with Gasteiger partial charge in [0.15, 0.2) is 0 Å². The number of likely N-dealkylation sites (N-methyl/N-ethyl adjacent to an activating group) is 1. The van der Waals surface area contributed by atoms with Crippen molar-refractivity contribution in [2.45, 2.75) is 90.0 Å². The van der Waals surface area contributed by atoms with Crippen molar-refractivity contribution in [3.63, 3.8) is 0 Å². The van der Waals surface area contributed by atoms with Crippen molar-refractivity contribution in [3.05, 3.63) is 65.8 Å². The normalized spacial score (nSPS) is 18.9. The summed E-state index contributed by atoms with van der Waals surface area (Å²) in [7, 11) is 1.68. The molecule has 0 radical (unpaired) electrons. The van der Waals surface area contributed by atoms with Gasteiger partial charge in [-0.3, -0.25) is 19.4 Å². The number of benzene rings is 1. The van der Waals surface area contributed by atoms with Crippen molar-refractivity contribution >= 4 is 30.2 Å². The van der Waals surface area contributed by atoms with Gasteiger partial charge in [0, 0.05) is 25.3 Å². The molecule has 46 heavy (non-hydrogen) atoms. The van der Waals surface area contributed by atoms with E-state index in [2.05, 4.69) is 10.7 Å². The number of amides is 1. The first-order valence-electron chi connectivity index (χ1n) is 15.8. The molecule has 11 heteroatoms. The molecule has 4 N–H and O–H groups in total. The van der Waals surface area contributed by atoms with E-state index in [1.165, 1.54) is 18.0 Å². The Balaban J connectivity index is 1.96. The number of ketones is 1. The van der Waals surface area contributed by atoms with E-state index in [1.807, 2.05) is 25.1 Å². The summed E-state index contributed by atoms with van der Waals surface area (Å²) in [5.41, 5.74) is 4.38. The predicted octanol–water partition coefficient (Wildman–Crippen LogP) is 3.15. The first-order valence-corrected chi connectivity index (χ1v) is 15.8. The van der Waals surface area contributed by atoms with Gasteiger partial charge in [0.05, 0.1) is 12.1 Å². The second kappa shape index (κ2) is 20.2. The number of carbonyl (C=O) groups is 5. The number of carbonyl (C=O) groups excluding carboxylic acids is 5. The Morgan fingerprint density at radius 2 is 1.87 bits per heavy atom. The molecule has 0 spiro atoms. The molecule has 11 nitrogen and oxygen atoms in total. The summed E-state index contributed by atoms with van der Waals surface area (Å²) in [4.78, 5) is 60.3. The number of nitrogens with zero attached hydrogens (tertiary/aromatic N) is 1. The highest BCUT2D eigenvalue weighted by molar-refractivity contribution is 5.83. The van der Waals surface area contributed by atoms with Crippen LogP contribution in [0.25, 0.3) is 0 Å². The van der Waals surface area contributed by atoms with Crippen molar-refractivity contribution in [2.24, 2.45) is 11.8 Å². The summed E-state index contributed by atoms with van der Waals surface area (Å²) < 4.78 is 5.81. The van der Waals surface area contributed by atoms with Crippen LogP contribution >= 0.6 is 0 Å². The molecule has 1 amide bonds. The topological polar surface area (TPSA) is 162 Å². The highest BCUT2D eigenvalue weighted by atomic mass is 16.5. The number of hydrogen-bond donors (Lipinski definition) is 4. The lowest BCUT2D eigenvalue weighted by Gasteiger charge is -2.35. The second-order valence-electron chi connectivity index (χ2n) is 11.8. The zero-order valence-electron chi connectivity index (χ0n) is 27.3. The average Bonchev–Trinajstić information content (AvgIpc) is 3.04. The van der Waals surface area contributed by atoms with Crippen LogP contribution in [0.3, 0.4) is 0 Å². The van der Waals surface area contributed by atoms with Crippen molar-refractivity contribution in [3.8, 4) is 5.75 Å². The molecule has 5 unspecified atom stereocenters. The molecule has 6 atom stereocenters. The number of aldehydes is 2. The number of allylic oxidation sites excluding steroid dienone is 4. The minimum atomic E-state index is -0.854. The highest BCUT2D eigenvalue weighted by Gasteiger charge is 2.33. The van der Waals surface area contributed by atoms with Gasteiger partial charge in [0.1, 0.15) is 36.3 Å². The molecule has 1 heterocycles. The Labute approximate surface area is 271 Å². The molecule has 252 valence electrons. The van der Waals surface area contributed by atoms with Gasteiger partial charge >= 0.3 is 5.97 Å². The molecular weight excluding hydrogens is 590 g/mol. The lowest BCUT2D eigenvalue weighted by Crippen LogP contribution is -2.59. The van der Waals surface area contributed by atoms with Crippen LogP contribution in [0, 0.1) is 11.8 Å². The van der Waals surface area contributed by atoms with Crippen LogP contribution in [0.2, 0.25) is 0 Å². The number of Topliss-reactive ketones (excluding diaryl/α,β-unsaturated/α-hetero) is 1. The van der Waals surface area contributed by atoms with Crippen molar-refractivity contribution < 1.29 is 38.9 Å². The Bertz CT molecular complexity index is 1260. The number of rotatable bonds is 19. The SMILES string of the molecule is CNC(Cc1cccc(O)c1)C(=O)N1CCCC(C(=O)O[C@@H](C/C=C/C=C/CC(C)C(O)C(C=O)CCC(C)=O)/C(C)=C/C=O)N1. The van der Waals surface area contributed by atoms with E-state index in [0.717, 1.165) is 5.56 Å². The largest absolute Gasteiger partial charge is 0.508 e. The third-order valence-corrected chi connectivity index (χ3v) is 8.10. The summed E-state index contributed by atoms with van der Waals surface area (Å²) in [6.07, 6.45) is 11.2. The molecule has 1 aromatic rings. The number of ether oxygens (including phenoxy) is 1. The smallest absolute Gasteiger partial charge is 0.325 e. The highest BCUT2D eigenvalue weighted by Crippen LogP contribution is 2.21. The number of hydrogen-bond acceptors (Lipinski definition) is 10. The van der Waals surface area contributed by atoms with Gasteiger partial charge in [-0.05, 0) is 88.3 Å². The Morgan fingerprint density at radius 1 is 1.15 bits per heavy atom. The van der Waals surface area contributed by atoms with E-state index in [9.17, 15) is 34.2 Å². The number of aromatic hydroxyl groups is 1. The molecule has 1 fully saturated rings. The predicted molar refractivity (Wildman–Crippen MR) is 174 cm³/mol. The van der Waals surface area contributed by atoms with E-state index < -0.39 is 36.2 Å². The summed E-state index contributed by atoms with van der Waals surface area (Å²) in [6.45, 7) is 5.43. The number of aliphatic hydroxyl groups excluding tert-OH is 1. The molecule has 0 saturated carbocycles.